The van der Waals surface area contributed by atoms with Crippen LogP contribution in [0.25, 0.3) is 0 Å². The Hall–Kier alpha value is -2.87. The van der Waals surface area contributed by atoms with E-state index in [4.69, 9.17) is 0 Å². The number of nitrogens with zero attached hydrogens (tertiary/aromatic N) is 2. The van der Waals surface area contributed by atoms with Gasteiger partial charge in [0.25, 0.3) is 0 Å². The molecule has 0 unspecified atom stereocenters. The van der Waals surface area contributed by atoms with E-state index in [-0.39, 0.29) is 30.8 Å². The van der Waals surface area contributed by atoms with Gasteiger partial charge in [-0.2, -0.15) is 0 Å². The van der Waals surface area contributed by atoms with Gasteiger partial charge in [-0.15, -0.1) is 0 Å². The minimum absolute atomic E-state index is 0.0138. The number of amides is 2. The lowest BCUT2D eigenvalue weighted by Crippen LogP contribution is -2.50. The first kappa shape index (κ1) is 29.4. The van der Waals surface area contributed by atoms with Gasteiger partial charge in [-0.25, -0.2) is 8.42 Å². The van der Waals surface area contributed by atoms with E-state index >= 15 is 0 Å². The Morgan fingerprint density at radius 2 is 1.69 bits per heavy atom. The van der Waals surface area contributed by atoms with Crippen molar-refractivity contribution >= 4 is 27.5 Å². The van der Waals surface area contributed by atoms with Crippen LogP contribution in [0.1, 0.15) is 63.1 Å². The van der Waals surface area contributed by atoms with Crippen molar-refractivity contribution in [2.45, 2.75) is 78.9 Å². The van der Waals surface area contributed by atoms with Crippen molar-refractivity contribution in [1.82, 2.24) is 10.2 Å². The number of sulfonamides is 1. The van der Waals surface area contributed by atoms with Gasteiger partial charge >= 0.3 is 0 Å². The predicted molar refractivity (Wildman–Crippen MR) is 146 cm³/mol. The topological polar surface area (TPSA) is 86.8 Å². The molecule has 198 valence electrons. The van der Waals surface area contributed by atoms with Crippen molar-refractivity contribution in [3.05, 3.63) is 65.2 Å². The Morgan fingerprint density at radius 1 is 1.00 bits per heavy atom. The zero-order valence-corrected chi connectivity index (χ0v) is 23.3. The molecule has 8 heteroatoms. The van der Waals surface area contributed by atoms with Gasteiger partial charge in [-0.1, -0.05) is 61.9 Å². The predicted octanol–water partition coefficient (Wildman–Crippen LogP) is 4.57. The molecule has 0 aliphatic heterocycles. The molecule has 0 aliphatic carbocycles. The van der Waals surface area contributed by atoms with E-state index in [9.17, 15) is 18.0 Å². The summed E-state index contributed by atoms with van der Waals surface area (Å²) >= 11 is 0. The van der Waals surface area contributed by atoms with Gasteiger partial charge in [0, 0.05) is 25.6 Å². The normalized spacial score (nSPS) is 13.1. The Morgan fingerprint density at radius 3 is 2.28 bits per heavy atom. The van der Waals surface area contributed by atoms with E-state index in [1.807, 2.05) is 71.0 Å². The lowest BCUT2D eigenvalue weighted by Gasteiger charge is -2.32. The highest BCUT2D eigenvalue weighted by molar-refractivity contribution is 7.92. The molecule has 0 radical (unpaired) electrons. The van der Waals surface area contributed by atoms with Crippen LogP contribution in [-0.2, 0) is 26.2 Å². The summed E-state index contributed by atoms with van der Waals surface area (Å²) in [6, 6.07) is 14.6. The molecule has 2 aromatic carbocycles. The fraction of sp³-hybridized carbons (Fsp3) is 0.500. The molecule has 2 rings (SSSR count). The van der Waals surface area contributed by atoms with Gasteiger partial charge in [0.05, 0.1) is 11.9 Å². The van der Waals surface area contributed by atoms with Gasteiger partial charge in [0.2, 0.25) is 21.8 Å². The van der Waals surface area contributed by atoms with Crippen LogP contribution in [0.4, 0.5) is 5.69 Å². The number of carbonyl (C=O) groups excluding carboxylic acids is 2. The molecule has 0 heterocycles. The number of hydrogen-bond acceptors (Lipinski definition) is 4. The maximum absolute atomic E-state index is 13.5. The Labute approximate surface area is 216 Å². The van der Waals surface area contributed by atoms with Crippen LogP contribution >= 0.6 is 0 Å². The van der Waals surface area contributed by atoms with Gasteiger partial charge in [0.1, 0.15) is 6.04 Å². The molecule has 0 saturated heterocycles. The maximum atomic E-state index is 13.5. The summed E-state index contributed by atoms with van der Waals surface area (Å²) in [6.07, 6.45) is 2.94. The third kappa shape index (κ3) is 8.36. The van der Waals surface area contributed by atoms with Crippen LogP contribution in [-0.4, -0.2) is 50.0 Å². The first-order valence-electron chi connectivity index (χ1n) is 12.7. The highest BCUT2D eigenvalue weighted by atomic mass is 32.2. The van der Waals surface area contributed by atoms with Crippen LogP contribution in [0.5, 0.6) is 0 Å². The largest absolute Gasteiger partial charge is 0.352 e. The number of anilines is 1. The lowest BCUT2D eigenvalue weighted by molar-refractivity contribution is -0.141. The van der Waals surface area contributed by atoms with E-state index in [1.165, 1.54) is 10.6 Å². The van der Waals surface area contributed by atoms with Gasteiger partial charge < -0.3 is 10.2 Å². The van der Waals surface area contributed by atoms with Crippen molar-refractivity contribution in [3.8, 4) is 0 Å². The lowest BCUT2D eigenvalue weighted by atomic mass is 10.1. The molecule has 0 fully saturated rings. The highest BCUT2D eigenvalue weighted by Gasteiger charge is 2.29. The Bertz CT molecular complexity index is 1130. The molecule has 36 heavy (non-hydrogen) atoms. The zero-order valence-electron chi connectivity index (χ0n) is 22.5. The van der Waals surface area contributed by atoms with Gasteiger partial charge in [0.15, 0.2) is 0 Å². The first-order valence-corrected chi connectivity index (χ1v) is 14.5. The number of hydrogen-bond donors (Lipinski definition) is 1. The third-order valence-electron chi connectivity index (χ3n) is 6.36. The van der Waals surface area contributed by atoms with E-state index in [2.05, 4.69) is 5.32 Å². The second kappa shape index (κ2) is 13.4. The molecule has 0 aromatic heterocycles. The molecule has 0 aliphatic rings. The molecule has 0 bridgehead atoms. The van der Waals surface area contributed by atoms with Gasteiger partial charge in [-0.05, 0) is 57.2 Å². The molecule has 2 amide bonds. The summed E-state index contributed by atoms with van der Waals surface area (Å²) in [5, 5.41) is 3.01. The Kier molecular flexibility index (Phi) is 11.0. The Balaban J connectivity index is 2.24. The first-order chi connectivity index (χ1) is 17.0. The summed E-state index contributed by atoms with van der Waals surface area (Å²) in [5.41, 5.74) is 3.50. The zero-order chi connectivity index (χ0) is 26.9. The molecule has 7 nitrogen and oxygen atoms in total. The number of aryl methyl sites for hydroxylation is 2. The number of benzene rings is 2. The standard InChI is InChI=1S/C28H41N3O4S/c1-7-23(5)29-28(33)25(8-2)30(20-24-15-11-13-21(3)19-24)27(32)17-12-18-31(36(6,34)35)26-16-10-9-14-22(26)4/h9-11,13-16,19,23,25H,7-8,12,17-18,20H2,1-6H3,(H,29,33)/t23-,25-/m0/s1. The highest BCUT2D eigenvalue weighted by Crippen LogP contribution is 2.23. The second-order valence-corrected chi connectivity index (χ2v) is 11.4. The van der Waals surface area contributed by atoms with Crippen LogP contribution in [0.2, 0.25) is 0 Å². The minimum Gasteiger partial charge on any atom is -0.352 e. The SMILES string of the molecule is CC[C@H](C)NC(=O)[C@H](CC)N(Cc1cccc(C)c1)C(=O)CCCN(c1ccccc1C)S(C)(=O)=O. The summed E-state index contributed by atoms with van der Waals surface area (Å²) in [5.74, 6) is -0.327. The molecule has 2 atom stereocenters. The smallest absolute Gasteiger partial charge is 0.243 e. The summed E-state index contributed by atoms with van der Waals surface area (Å²) in [7, 11) is -3.52. The van der Waals surface area contributed by atoms with Crippen molar-refractivity contribution in [2.24, 2.45) is 0 Å². The van der Waals surface area contributed by atoms with Crippen molar-refractivity contribution in [1.29, 1.82) is 0 Å². The number of nitrogens with one attached hydrogen (secondary N) is 1. The molecule has 2 aromatic rings. The molecular formula is C28H41N3O4S. The molecule has 0 saturated carbocycles. The molecular weight excluding hydrogens is 474 g/mol. The van der Waals surface area contributed by atoms with Crippen molar-refractivity contribution in [3.63, 3.8) is 0 Å². The average Bonchev–Trinajstić information content (AvgIpc) is 2.81. The van der Waals surface area contributed by atoms with Crippen LogP contribution in [0, 0.1) is 13.8 Å². The minimum atomic E-state index is -3.52. The summed E-state index contributed by atoms with van der Waals surface area (Å²) < 4.78 is 26.4. The van der Waals surface area contributed by atoms with E-state index in [0.29, 0.717) is 25.1 Å². The van der Waals surface area contributed by atoms with Crippen LogP contribution in [0.3, 0.4) is 0 Å². The van der Waals surface area contributed by atoms with E-state index in [1.54, 1.807) is 17.0 Å². The van der Waals surface area contributed by atoms with E-state index < -0.39 is 16.1 Å². The number of carbonyl (C=O) groups is 2. The summed E-state index contributed by atoms with van der Waals surface area (Å²) in [6.45, 7) is 10.2. The van der Waals surface area contributed by atoms with E-state index in [0.717, 1.165) is 23.1 Å². The second-order valence-electron chi connectivity index (χ2n) is 9.48. The fourth-order valence-electron chi connectivity index (χ4n) is 4.19. The van der Waals surface area contributed by atoms with Crippen LogP contribution < -0.4 is 9.62 Å². The number of para-hydroxylation sites is 1. The molecule has 1 N–H and O–H groups in total. The van der Waals surface area contributed by atoms with Crippen molar-refractivity contribution < 1.29 is 18.0 Å². The van der Waals surface area contributed by atoms with Crippen LogP contribution in [0.15, 0.2) is 48.5 Å². The third-order valence-corrected chi connectivity index (χ3v) is 7.54. The van der Waals surface area contributed by atoms with Gasteiger partial charge in [-0.3, -0.25) is 13.9 Å². The maximum Gasteiger partial charge on any atom is 0.243 e. The van der Waals surface area contributed by atoms with Crippen molar-refractivity contribution in [2.75, 3.05) is 17.1 Å². The molecule has 0 spiro atoms. The summed E-state index contributed by atoms with van der Waals surface area (Å²) in [4.78, 5) is 28.2. The average molecular weight is 516 g/mol. The monoisotopic (exact) mass is 515 g/mol. The quantitative estimate of drug-likeness (QED) is 0.423. The number of rotatable bonds is 13. The fourth-order valence-corrected chi connectivity index (χ4v) is 5.22.